The van der Waals surface area contributed by atoms with Gasteiger partial charge in [0.2, 0.25) is 4.96 Å². The number of piperidine rings is 1. The Bertz CT molecular complexity index is 1050. The number of fused-ring (bicyclic) bond motifs is 2. The summed E-state index contributed by atoms with van der Waals surface area (Å²) >= 11 is 1.66. The van der Waals surface area contributed by atoms with Gasteiger partial charge in [0.25, 0.3) is 0 Å². The summed E-state index contributed by atoms with van der Waals surface area (Å²) in [7, 11) is 0. The standard InChI is InChI=1S/C19H22N6S/c1-3-15-17-8-14(10-24(17)9-12(2)21-15)18-23-25-11-16(22-19(25)26-18)13-4-6-20-7-5-13/h8-11,13,20H,3-7H2,1-2H3. The van der Waals surface area contributed by atoms with Gasteiger partial charge >= 0.3 is 0 Å². The van der Waals surface area contributed by atoms with Crippen LogP contribution in [-0.4, -0.2) is 37.1 Å². The molecule has 26 heavy (non-hydrogen) atoms. The topological polar surface area (TPSA) is 59.5 Å². The number of nitrogens with zero attached hydrogens (tertiary/aromatic N) is 5. The van der Waals surface area contributed by atoms with Crippen molar-refractivity contribution in [3.63, 3.8) is 0 Å². The van der Waals surface area contributed by atoms with E-state index in [4.69, 9.17) is 10.1 Å². The molecule has 134 valence electrons. The van der Waals surface area contributed by atoms with Crippen molar-refractivity contribution in [3.8, 4) is 10.6 Å². The highest BCUT2D eigenvalue weighted by Gasteiger charge is 2.20. The molecule has 1 aliphatic rings. The van der Waals surface area contributed by atoms with Crippen LogP contribution in [0, 0.1) is 6.92 Å². The predicted molar refractivity (Wildman–Crippen MR) is 104 cm³/mol. The van der Waals surface area contributed by atoms with Gasteiger partial charge in [-0.1, -0.05) is 18.3 Å². The summed E-state index contributed by atoms with van der Waals surface area (Å²) in [5.41, 5.74) is 5.65. The highest BCUT2D eigenvalue weighted by atomic mass is 32.1. The third-order valence-electron chi connectivity index (χ3n) is 5.18. The van der Waals surface area contributed by atoms with Gasteiger partial charge in [-0.2, -0.15) is 5.10 Å². The zero-order chi connectivity index (χ0) is 17.7. The molecule has 5 heterocycles. The van der Waals surface area contributed by atoms with Crippen LogP contribution in [0.2, 0.25) is 0 Å². The highest BCUT2D eigenvalue weighted by molar-refractivity contribution is 7.19. The lowest BCUT2D eigenvalue weighted by molar-refractivity contribution is 0.454. The van der Waals surface area contributed by atoms with Gasteiger partial charge in [0.15, 0.2) is 0 Å². The van der Waals surface area contributed by atoms with E-state index in [9.17, 15) is 0 Å². The number of hydrogen-bond donors (Lipinski definition) is 1. The molecule has 0 unspecified atom stereocenters. The van der Waals surface area contributed by atoms with E-state index in [1.165, 1.54) is 5.69 Å². The summed E-state index contributed by atoms with van der Waals surface area (Å²) < 4.78 is 4.12. The van der Waals surface area contributed by atoms with E-state index in [1.54, 1.807) is 11.3 Å². The van der Waals surface area contributed by atoms with Crippen molar-refractivity contribution >= 4 is 21.8 Å². The summed E-state index contributed by atoms with van der Waals surface area (Å²) in [5.74, 6) is 0.562. The van der Waals surface area contributed by atoms with Crippen molar-refractivity contribution < 1.29 is 0 Å². The lowest BCUT2D eigenvalue weighted by Gasteiger charge is -2.20. The predicted octanol–water partition coefficient (Wildman–Crippen LogP) is 3.44. The second-order valence-electron chi connectivity index (χ2n) is 7.03. The first-order chi connectivity index (χ1) is 12.7. The lowest BCUT2D eigenvalue weighted by Crippen LogP contribution is -2.26. The van der Waals surface area contributed by atoms with E-state index in [0.717, 1.165) is 64.8 Å². The molecule has 1 aliphatic heterocycles. The van der Waals surface area contributed by atoms with Crippen molar-refractivity contribution in [2.45, 2.75) is 39.0 Å². The minimum absolute atomic E-state index is 0.562. The van der Waals surface area contributed by atoms with Crippen molar-refractivity contribution in [1.82, 2.24) is 29.3 Å². The van der Waals surface area contributed by atoms with Gasteiger partial charge in [0.1, 0.15) is 5.01 Å². The van der Waals surface area contributed by atoms with Crippen LogP contribution >= 0.6 is 11.3 Å². The van der Waals surface area contributed by atoms with Crippen LogP contribution in [0.4, 0.5) is 0 Å². The van der Waals surface area contributed by atoms with Gasteiger partial charge in [-0.25, -0.2) is 9.50 Å². The molecule has 0 aliphatic carbocycles. The summed E-state index contributed by atoms with van der Waals surface area (Å²) in [6.45, 7) is 6.35. The maximum Gasteiger partial charge on any atom is 0.212 e. The van der Waals surface area contributed by atoms with Crippen LogP contribution in [0.25, 0.3) is 21.0 Å². The largest absolute Gasteiger partial charge is 0.320 e. The second-order valence-corrected chi connectivity index (χ2v) is 7.98. The molecule has 1 fully saturated rings. The van der Waals surface area contributed by atoms with Gasteiger partial charge in [-0.05, 0) is 45.3 Å². The Hall–Kier alpha value is -2.25. The fourth-order valence-corrected chi connectivity index (χ4v) is 4.71. The van der Waals surface area contributed by atoms with Crippen LogP contribution in [0.15, 0.2) is 24.7 Å². The summed E-state index contributed by atoms with van der Waals surface area (Å²) in [5, 5.41) is 9.22. The first kappa shape index (κ1) is 16.0. The SMILES string of the molecule is CCc1nc(C)cn2cc(-c3nn4cc(C5CCNCC5)nc4s3)cc12. The van der Waals surface area contributed by atoms with E-state index in [-0.39, 0.29) is 0 Å². The monoisotopic (exact) mass is 366 g/mol. The second kappa shape index (κ2) is 6.17. The van der Waals surface area contributed by atoms with Crippen molar-refractivity contribution in [2.24, 2.45) is 0 Å². The van der Waals surface area contributed by atoms with E-state index in [0.29, 0.717) is 5.92 Å². The smallest absolute Gasteiger partial charge is 0.212 e. The molecule has 1 saturated heterocycles. The van der Waals surface area contributed by atoms with E-state index >= 15 is 0 Å². The van der Waals surface area contributed by atoms with Crippen molar-refractivity contribution in [2.75, 3.05) is 13.1 Å². The fraction of sp³-hybridized carbons (Fsp3) is 0.421. The van der Waals surface area contributed by atoms with Gasteiger partial charge in [0.05, 0.1) is 28.8 Å². The first-order valence-corrected chi connectivity index (χ1v) is 10.1. The molecule has 0 atom stereocenters. The number of aromatic nitrogens is 5. The molecule has 4 aromatic rings. The average Bonchev–Trinajstić information content (AvgIpc) is 3.33. The molecular weight excluding hydrogens is 344 g/mol. The van der Waals surface area contributed by atoms with Crippen LogP contribution in [0.1, 0.15) is 42.8 Å². The first-order valence-electron chi connectivity index (χ1n) is 9.26. The van der Waals surface area contributed by atoms with E-state index < -0.39 is 0 Å². The minimum Gasteiger partial charge on any atom is -0.320 e. The number of aryl methyl sites for hydroxylation is 2. The van der Waals surface area contributed by atoms with Gasteiger partial charge in [-0.3, -0.25) is 4.98 Å². The zero-order valence-corrected chi connectivity index (χ0v) is 15.9. The number of rotatable bonds is 3. The summed E-state index contributed by atoms with van der Waals surface area (Å²) in [6.07, 6.45) is 9.59. The van der Waals surface area contributed by atoms with Crippen LogP contribution < -0.4 is 5.32 Å². The Labute approximate surface area is 155 Å². The molecule has 0 spiro atoms. The normalized spacial score (nSPS) is 16.1. The Morgan fingerprint density at radius 1 is 1.19 bits per heavy atom. The van der Waals surface area contributed by atoms with Crippen LogP contribution in [-0.2, 0) is 6.42 Å². The Kier molecular flexibility index (Phi) is 3.79. The fourth-order valence-electron chi connectivity index (χ4n) is 3.84. The molecule has 0 bridgehead atoms. The lowest BCUT2D eigenvalue weighted by atomic mass is 9.95. The van der Waals surface area contributed by atoms with Crippen LogP contribution in [0.5, 0.6) is 0 Å². The maximum atomic E-state index is 4.86. The molecule has 0 amide bonds. The third-order valence-corrected chi connectivity index (χ3v) is 6.15. The van der Waals surface area contributed by atoms with E-state index in [1.807, 2.05) is 11.4 Å². The third kappa shape index (κ3) is 2.62. The molecule has 0 radical (unpaired) electrons. The van der Waals surface area contributed by atoms with Gasteiger partial charge < -0.3 is 9.72 Å². The number of nitrogens with one attached hydrogen (secondary N) is 1. The molecule has 1 N–H and O–H groups in total. The molecule has 0 saturated carbocycles. The molecule has 7 heteroatoms. The van der Waals surface area contributed by atoms with Crippen molar-refractivity contribution in [3.05, 3.63) is 41.7 Å². The Morgan fingerprint density at radius 2 is 2.04 bits per heavy atom. The van der Waals surface area contributed by atoms with E-state index in [2.05, 4.69) is 46.3 Å². The number of imidazole rings is 1. The van der Waals surface area contributed by atoms with Gasteiger partial charge in [-0.15, -0.1) is 0 Å². The minimum atomic E-state index is 0.562. The van der Waals surface area contributed by atoms with Crippen molar-refractivity contribution in [1.29, 1.82) is 0 Å². The Morgan fingerprint density at radius 3 is 2.81 bits per heavy atom. The molecule has 6 nitrogen and oxygen atoms in total. The zero-order valence-electron chi connectivity index (χ0n) is 15.1. The quantitative estimate of drug-likeness (QED) is 0.603. The summed E-state index contributed by atoms with van der Waals surface area (Å²) in [4.78, 5) is 10.5. The average molecular weight is 366 g/mol. The van der Waals surface area contributed by atoms with Crippen LogP contribution in [0.3, 0.4) is 0 Å². The maximum absolute atomic E-state index is 4.86. The summed E-state index contributed by atoms with van der Waals surface area (Å²) in [6, 6.07) is 2.19. The van der Waals surface area contributed by atoms with Gasteiger partial charge in [0, 0.05) is 23.9 Å². The Balaban J connectivity index is 1.52. The molecule has 5 rings (SSSR count). The molecular formula is C19H22N6S. The molecule has 0 aromatic carbocycles. The highest BCUT2D eigenvalue weighted by Crippen LogP contribution is 2.31. The number of hydrogen-bond acceptors (Lipinski definition) is 5. The molecule has 4 aromatic heterocycles.